The number of aryl methyl sites for hydroxylation is 2. The minimum absolute atomic E-state index is 0.0267. The molecule has 2 atom stereocenters. The molecule has 0 aliphatic carbocycles. The van der Waals surface area contributed by atoms with Gasteiger partial charge in [-0.3, -0.25) is 0 Å². The van der Waals surface area contributed by atoms with Gasteiger partial charge in [0.15, 0.2) is 0 Å². The van der Waals surface area contributed by atoms with Crippen molar-refractivity contribution < 1.29 is 4.74 Å². The SMILES string of the molecule is CCC1CC(CN)(N(C)c2ccc(C)cc2C)CCO1. The Morgan fingerprint density at radius 2 is 2.15 bits per heavy atom. The summed E-state index contributed by atoms with van der Waals surface area (Å²) in [7, 11) is 2.18. The van der Waals surface area contributed by atoms with E-state index in [1.54, 1.807) is 0 Å². The number of anilines is 1. The van der Waals surface area contributed by atoms with Crippen LogP contribution in [0.2, 0.25) is 0 Å². The highest BCUT2D eigenvalue weighted by Crippen LogP contribution is 2.35. The quantitative estimate of drug-likeness (QED) is 0.918. The summed E-state index contributed by atoms with van der Waals surface area (Å²) >= 11 is 0. The van der Waals surface area contributed by atoms with Crippen LogP contribution in [0.25, 0.3) is 0 Å². The van der Waals surface area contributed by atoms with E-state index in [4.69, 9.17) is 10.5 Å². The standard InChI is InChI=1S/C17H28N2O/c1-5-15-11-17(12-18,8-9-20-15)19(4)16-7-6-13(2)10-14(16)3/h6-7,10,15H,5,8-9,11-12,18H2,1-4H3. The van der Waals surface area contributed by atoms with Crippen molar-refractivity contribution in [2.75, 3.05) is 25.1 Å². The van der Waals surface area contributed by atoms with E-state index in [-0.39, 0.29) is 5.54 Å². The summed E-state index contributed by atoms with van der Waals surface area (Å²) in [6.45, 7) is 7.99. The van der Waals surface area contributed by atoms with E-state index in [9.17, 15) is 0 Å². The Bertz CT molecular complexity index is 460. The molecule has 1 aromatic carbocycles. The molecule has 2 rings (SSSR count). The monoisotopic (exact) mass is 276 g/mol. The first-order chi connectivity index (χ1) is 9.52. The van der Waals surface area contributed by atoms with Gasteiger partial charge in [-0.2, -0.15) is 0 Å². The number of hydrogen-bond donors (Lipinski definition) is 1. The Hall–Kier alpha value is -1.06. The van der Waals surface area contributed by atoms with Gasteiger partial charge < -0.3 is 15.4 Å². The first-order valence-electron chi connectivity index (χ1n) is 7.65. The molecule has 1 aromatic rings. The van der Waals surface area contributed by atoms with Crippen molar-refractivity contribution in [2.45, 2.75) is 51.7 Å². The topological polar surface area (TPSA) is 38.5 Å². The lowest BCUT2D eigenvalue weighted by atomic mass is 9.83. The number of hydrogen-bond acceptors (Lipinski definition) is 3. The third kappa shape index (κ3) is 2.84. The zero-order chi connectivity index (χ0) is 14.8. The van der Waals surface area contributed by atoms with Crippen LogP contribution >= 0.6 is 0 Å². The fourth-order valence-electron chi connectivity index (χ4n) is 3.33. The van der Waals surface area contributed by atoms with Crippen molar-refractivity contribution in [3.8, 4) is 0 Å². The molecule has 3 nitrogen and oxygen atoms in total. The van der Waals surface area contributed by atoms with Gasteiger partial charge in [0.2, 0.25) is 0 Å². The fourth-order valence-corrected chi connectivity index (χ4v) is 3.33. The Morgan fingerprint density at radius 3 is 2.75 bits per heavy atom. The molecule has 1 heterocycles. The fraction of sp³-hybridized carbons (Fsp3) is 0.647. The predicted molar refractivity (Wildman–Crippen MR) is 85.4 cm³/mol. The summed E-state index contributed by atoms with van der Waals surface area (Å²) in [6, 6.07) is 6.64. The Morgan fingerprint density at radius 1 is 1.40 bits per heavy atom. The number of nitrogens with two attached hydrogens (primary N) is 1. The number of likely N-dealkylation sites (N-methyl/N-ethyl adjacent to an activating group) is 1. The highest BCUT2D eigenvalue weighted by Gasteiger charge is 2.39. The number of nitrogens with zero attached hydrogens (tertiary/aromatic N) is 1. The van der Waals surface area contributed by atoms with Crippen molar-refractivity contribution in [2.24, 2.45) is 5.73 Å². The van der Waals surface area contributed by atoms with E-state index < -0.39 is 0 Å². The van der Waals surface area contributed by atoms with Gasteiger partial charge in [0.05, 0.1) is 11.6 Å². The van der Waals surface area contributed by atoms with Crippen LogP contribution < -0.4 is 10.6 Å². The molecule has 0 radical (unpaired) electrons. The molecule has 3 heteroatoms. The van der Waals surface area contributed by atoms with Gasteiger partial charge in [-0.1, -0.05) is 24.6 Å². The van der Waals surface area contributed by atoms with Crippen LogP contribution in [-0.4, -0.2) is 31.8 Å². The van der Waals surface area contributed by atoms with Gasteiger partial charge in [-0.05, 0) is 44.7 Å². The molecule has 1 saturated heterocycles. The lowest BCUT2D eigenvalue weighted by Crippen LogP contribution is -2.57. The highest BCUT2D eigenvalue weighted by atomic mass is 16.5. The van der Waals surface area contributed by atoms with Crippen LogP contribution in [0.4, 0.5) is 5.69 Å². The second-order valence-corrected chi connectivity index (χ2v) is 6.13. The number of ether oxygens (including phenoxy) is 1. The summed E-state index contributed by atoms with van der Waals surface area (Å²) in [5.74, 6) is 0. The minimum atomic E-state index is 0.0267. The van der Waals surface area contributed by atoms with Gasteiger partial charge in [-0.15, -0.1) is 0 Å². The molecular formula is C17H28N2O. The first-order valence-corrected chi connectivity index (χ1v) is 7.65. The van der Waals surface area contributed by atoms with Crippen molar-refractivity contribution in [1.29, 1.82) is 0 Å². The van der Waals surface area contributed by atoms with Gasteiger partial charge in [0.1, 0.15) is 0 Å². The maximum absolute atomic E-state index is 6.18. The van der Waals surface area contributed by atoms with Crippen molar-refractivity contribution in [1.82, 2.24) is 0 Å². The van der Waals surface area contributed by atoms with Gasteiger partial charge >= 0.3 is 0 Å². The summed E-state index contributed by atoms with van der Waals surface area (Å²) in [5, 5.41) is 0. The third-order valence-electron chi connectivity index (χ3n) is 4.79. The van der Waals surface area contributed by atoms with Gasteiger partial charge in [0.25, 0.3) is 0 Å². The average molecular weight is 276 g/mol. The molecule has 2 N–H and O–H groups in total. The maximum Gasteiger partial charge on any atom is 0.0595 e. The molecular weight excluding hydrogens is 248 g/mol. The normalized spacial score (nSPS) is 26.6. The lowest BCUT2D eigenvalue weighted by Gasteiger charge is -2.48. The molecule has 1 aliphatic rings. The highest BCUT2D eigenvalue weighted by molar-refractivity contribution is 5.56. The van der Waals surface area contributed by atoms with Crippen LogP contribution in [0.3, 0.4) is 0 Å². The average Bonchev–Trinajstić information content (AvgIpc) is 2.46. The van der Waals surface area contributed by atoms with Crippen LogP contribution in [0.15, 0.2) is 18.2 Å². The summed E-state index contributed by atoms with van der Waals surface area (Å²) in [4.78, 5) is 2.40. The van der Waals surface area contributed by atoms with Crippen LogP contribution in [0.1, 0.15) is 37.3 Å². The number of rotatable bonds is 4. The molecule has 1 aliphatic heterocycles. The van der Waals surface area contributed by atoms with E-state index in [2.05, 4.69) is 50.9 Å². The maximum atomic E-state index is 6.18. The molecule has 2 unspecified atom stereocenters. The molecule has 0 amide bonds. The van der Waals surface area contributed by atoms with E-state index in [1.165, 1.54) is 16.8 Å². The summed E-state index contributed by atoms with van der Waals surface area (Å²) in [6.07, 6.45) is 3.41. The van der Waals surface area contributed by atoms with Crippen LogP contribution in [0, 0.1) is 13.8 Å². The van der Waals surface area contributed by atoms with E-state index in [0.717, 1.165) is 25.9 Å². The minimum Gasteiger partial charge on any atom is -0.378 e. The second-order valence-electron chi connectivity index (χ2n) is 6.13. The van der Waals surface area contributed by atoms with Crippen LogP contribution in [0.5, 0.6) is 0 Å². The van der Waals surface area contributed by atoms with Crippen LogP contribution in [-0.2, 0) is 4.74 Å². The van der Waals surface area contributed by atoms with Crippen molar-refractivity contribution >= 4 is 5.69 Å². The molecule has 0 bridgehead atoms. The zero-order valence-electron chi connectivity index (χ0n) is 13.3. The molecule has 0 spiro atoms. The molecule has 112 valence electrons. The molecule has 20 heavy (non-hydrogen) atoms. The zero-order valence-corrected chi connectivity index (χ0v) is 13.3. The Labute approximate surface area is 123 Å². The van der Waals surface area contributed by atoms with E-state index >= 15 is 0 Å². The third-order valence-corrected chi connectivity index (χ3v) is 4.79. The Balaban J connectivity index is 2.30. The predicted octanol–water partition coefficient (Wildman–Crippen LogP) is 3.03. The van der Waals surface area contributed by atoms with Gasteiger partial charge in [-0.25, -0.2) is 0 Å². The largest absolute Gasteiger partial charge is 0.378 e. The first kappa shape index (κ1) is 15.3. The van der Waals surface area contributed by atoms with Gasteiger partial charge in [0, 0.05) is 25.9 Å². The molecule has 0 aromatic heterocycles. The Kier molecular flexibility index (Phi) is 4.71. The summed E-state index contributed by atoms with van der Waals surface area (Å²) in [5.41, 5.74) is 10.1. The summed E-state index contributed by atoms with van der Waals surface area (Å²) < 4.78 is 5.84. The van der Waals surface area contributed by atoms with Crippen molar-refractivity contribution in [3.63, 3.8) is 0 Å². The smallest absolute Gasteiger partial charge is 0.0595 e. The van der Waals surface area contributed by atoms with Crippen molar-refractivity contribution in [3.05, 3.63) is 29.3 Å². The van der Waals surface area contributed by atoms with E-state index in [1.807, 2.05) is 0 Å². The molecule has 1 fully saturated rings. The number of benzene rings is 1. The second kappa shape index (κ2) is 6.15. The molecule has 0 saturated carbocycles. The lowest BCUT2D eigenvalue weighted by molar-refractivity contribution is -0.0188. The van der Waals surface area contributed by atoms with E-state index in [0.29, 0.717) is 12.6 Å².